The number of amides is 1. The van der Waals surface area contributed by atoms with Crippen LogP contribution in [0.5, 0.6) is 0 Å². The lowest BCUT2D eigenvalue weighted by Gasteiger charge is -2.18. The van der Waals surface area contributed by atoms with E-state index >= 15 is 0 Å². The SMILES string of the molecule is Cc1cccc(C[C@@H](NC(=O)[C@@H](O)c2ccccc2)C(=O)O)c1. The molecule has 2 rings (SSSR count). The molecule has 0 aliphatic rings. The average molecular weight is 313 g/mol. The van der Waals surface area contributed by atoms with Gasteiger partial charge in [-0.3, -0.25) is 4.79 Å². The van der Waals surface area contributed by atoms with E-state index in [1.54, 1.807) is 30.3 Å². The molecule has 23 heavy (non-hydrogen) atoms. The highest BCUT2D eigenvalue weighted by molar-refractivity contribution is 5.87. The Morgan fingerprint density at radius 2 is 1.78 bits per heavy atom. The number of rotatable bonds is 6. The van der Waals surface area contributed by atoms with Gasteiger partial charge in [0.05, 0.1) is 0 Å². The third-order valence-corrected chi connectivity index (χ3v) is 3.50. The fourth-order valence-corrected chi connectivity index (χ4v) is 2.31. The first-order valence-electron chi connectivity index (χ1n) is 7.29. The van der Waals surface area contributed by atoms with Crippen molar-refractivity contribution < 1.29 is 19.8 Å². The summed E-state index contributed by atoms with van der Waals surface area (Å²) in [6.45, 7) is 1.91. The number of carbonyl (C=O) groups excluding carboxylic acids is 1. The Hall–Kier alpha value is -2.66. The molecule has 5 nitrogen and oxygen atoms in total. The summed E-state index contributed by atoms with van der Waals surface area (Å²) in [5.41, 5.74) is 2.25. The molecular weight excluding hydrogens is 294 g/mol. The lowest BCUT2D eigenvalue weighted by Crippen LogP contribution is -2.44. The van der Waals surface area contributed by atoms with Crippen LogP contribution < -0.4 is 5.32 Å². The number of carboxylic acid groups (broad SMARTS) is 1. The van der Waals surface area contributed by atoms with Crippen LogP contribution in [-0.2, 0) is 16.0 Å². The standard InChI is InChI=1S/C18H19NO4/c1-12-6-5-7-13(10-12)11-15(18(22)23)19-17(21)16(20)14-8-3-2-4-9-14/h2-10,15-16,20H,11H2,1H3,(H,19,21)(H,22,23)/t15-,16+/m1/s1. The van der Waals surface area contributed by atoms with Crippen molar-refractivity contribution in [1.29, 1.82) is 0 Å². The van der Waals surface area contributed by atoms with Gasteiger partial charge in [0.25, 0.3) is 5.91 Å². The summed E-state index contributed by atoms with van der Waals surface area (Å²) in [4.78, 5) is 23.5. The molecule has 2 aromatic rings. The normalized spacial score (nSPS) is 13.1. The van der Waals surface area contributed by atoms with E-state index in [2.05, 4.69) is 5.32 Å². The Morgan fingerprint density at radius 3 is 2.39 bits per heavy atom. The minimum Gasteiger partial charge on any atom is -0.480 e. The Bertz CT molecular complexity index is 684. The van der Waals surface area contributed by atoms with Crippen LogP contribution in [0.4, 0.5) is 0 Å². The molecule has 1 amide bonds. The molecule has 0 saturated carbocycles. The second-order valence-electron chi connectivity index (χ2n) is 5.41. The number of aliphatic carboxylic acids is 1. The van der Waals surface area contributed by atoms with E-state index in [1.165, 1.54) is 0 Å². The molecule has 2 aromatic carbocycles. The molecule has 0 aromatic heterocycles. The zero-order chi connectivity index (χ0) is 16.8. The smallest absolute Gasteiger partial charge is 0.326 e. The molecule has 0 heterocycles. The molecule has 0 fully saturated rings. The zero-order valence-electron chi connectivity index (χ0n) is 12.8. The Balaban J connectivity index is 2.07. The van der Waals surface area contributed by atoms with Crippen molar-refractivity contribution in [1.82, 2.24) is 5.32 Å². The van der Waals surface area contributed by atoms with Crippen molar-refractivity contribution in [3.8, 4) is 0 Å². The van der Waals surface area contributed by atoms with E-state index in [-0.39, 0.29) is 6.42 Å². The molecule has 0 aliphatic carbocycles. The number of aryl methyl sites for hydroxylation is 1. The predicted octanol–water partition coefficient (Wildman–Crippen LogP) is 1.84. The number of aliphatic hydroxyl groups is 1. The first kappa shape index (κ1) is 16.7. The summed E-state index contributed by atoms with van der Waals surface area (Å²) in [6.07, 6.45) is -1.24. The highest BCUT2D eigenvalue weighted by Gasteiger charge is 2.25. The van der Waals surface area contributed by atoms with Gasteiger partial charge in [0.2, 0.25) is 0 Å². The number of carboxylic acids is 1. The van der Waals surface area contributed by atoms with Gasteiger partial charge in [-0.15, -0.1) is 0 Å². The molecule has 0 saturated heterocycles. The third kappa shape index (κ3) is 4.66. The minimum atomic E-state index is -1.39. The Labute approximate surface area is 134 Å². The minimum absolute atomic E-state index is 0.157. The van der Waals surface area contributed by atoms with E-state index in [0.717, 1.165) is 11.1 Å². The maximum atomic E-state index is 12.1. The van der Waals surface area contributed by atoms with Crippen LogP contribution in [0.2, 0.25) is 0 Å². The molecule has 0 radical (unpaired) electrons. The van der Waals surface area contributed by atoms with E-state index in [9.17, 15) is 19.8 Å². The van der Waals surface area contributed by atoms with Crippen molar-refractivity contribution >= 4 is 11.9 Å². The second kappa shape index (κ2) is 7.56. The summed E-state index contributed by atoms with van der Waals surface area (Å²) < 4.78 is 0. The van der Waals surface area contributed by atoms with Crippen LogP contribution in [0, 0.1) is 6.92 Å². The number of hydrogen-bond acceptors (Lipinski definition) is 3. The number of benzene rings is 2. The number of aliphatic hydroxyl groups excluding tert-OH is 1. The van der Waals surface area contributed by atoms with Gasteiger partial charge in [-0.2, -0.15) is 0 Å². The van der Waals surface area contributed by atoms with E-state index < -0.39 is 24.0 Å². The molecule has 0 bridgehead atoms. The zero-order valence-corrected chi connectivity index (χ0v) is 12.8. The first-order chi connectivity index (χ1) is 11.0. The van der Waals surface area contributed by atoms with Crippen LogP contribution >= 0.6 is 0 Å². The molecule has 3 N–H and O–H groups in total. The van der Waals surface area contributed by atoms with Crippen molar-refractivity contribution in [3.63, 3.8) is 0 Å². The van der Waals surface area contributed by atoms with Gasteiger partial charge in [0.15, 0.2) is 6.10 Å². The quantitative estimate of drug-likeness (QED) is 0.759. The van der Waals surface area contributed by atoms with Gasteiger partial charge in [-0.25, -0.2) is 4.79 Å². The summed E-state index contributed by atoms with van der Waals surface area (Å²) in [7, 11) is 0. The average Bonchev–Trinajstić information content (AvgIpc) is 2.54. The fraction of sp³-hybridized carbons (Fsp3) is 0.222. The third-order valence-electron chi connectivity index (χ3n) is 3.50. The maximum absolute atomic E-state index is 12.1. The van der Waals surface area contributed by atoms with Crippen LogP contribution in [0.25, 0.3) is 0 Å². The summed E-state index contributed by atoms with van der Waals surface area (Å²) in [5.74, 6) is -1.86. The first-order valence-corrected chi connectivity index (χ1v) is 7.29. The topological polar surface area (TPSA) is 86.6 Å². The van der Waals surface area contributed by atoms with Crippen molar-refractivity contribution in [3.05, 3.63) is 71.3 Å². The monoisotopic (exact) mass is 313 g/mol. The molecule has 0 unspecified atom stereocenters. The molecule has 0 spiro atoms. The van der Waals surface area contributed by atoms with E-state index in [4.69, 9.17) is 0 Å². The lowest BCUT2D eigenvalue weighted by atomic mass is 10.0. The Kier molecular flexibility index (Phi) is 5.49. The maximum Gasteiger partial charge on any atom is 0.326 e. The number of nitrogens with one attached hydrogen (secondary N) is 1. The largest absolute Gasteiger partial charge is 0.480 e. The summed E-state index contributed by atoms with van der Waals surface area (Å²) >= 11 is 0. The Morgan fingerprint density at radius 1 is 1.09 bits per heavy atom. The van der Waals surface area contributed by atoms with Gasteiger partial charge in [-0.1, -0.05) is 60.2 Å². The van der Waals surface area contributed by atoms with Crippen LogP contribution in [-0.4, -0.2) is 28.1 Å². The van der Waals surface area contributed by atoms with Crippen LogP contribution in [0.1, 0.15) is 22.8 Å². The highest BCUT2D eigenvalue weighted by atomic mass is 16.4. The molecular formula is C18H19NO4. The summed E-state index contributed by atoms with van der Waals surface area (Å²) in [5, 5.41) is 21.7. The van der Waals surface area contributed by atoms with Gasteiger partial charge in [0, 0.05) is 6.42 Å². The second-order valence-corrected chi connectivity index (χ2v) is 5.41. The van der Waals surface area contributed by atoms with Crippen molar-refractivity contribution in [2.24, 2.45) is 0 Å². The van der Waals surface area contributed by atoms with Gasteiger partial charge in [0.1, 0.15) is 6.04 Å². The van der Waals surface area contributed by atoms with Gasteiger partial charge < -0.3 is 15.5 Å². The fourth-order valence-electron chi connectivity index (χ4n) is 2.31. The van der Waals surface area contributed by atoms with Gasteiger partial charge >= 0.3 is 5.97 Å². The lowest BCUT2D eigenvalue weighted by molar-refractivity contribution is -0.143. The predicted molar refractivity (Wildman–Crippen MR) is 85.9 cm³/mol. The van der Waals surface area contributed by atoms with Gasteiger partial charge in [-0.05, 0) is 18.1 Å². The molecule has 2 atom stereocenters. The molecule has 0 aliphatic heterocycles. The van der Waals surface area contributed by atoms with Crippen molar-refractivity contribution in [2.75, 3.05) is 0 Å². The van der Waals surface area contributed by atoms with Crippen molar-refractivity contribution in [2.45, 2.75) is 25.5 Å². The molecule has 120 valence electrons. The number of carbonyl (C=O) groups is 2. The number of hydrogen-bond donors (Lipinski definition) is 3. The van der Waals surface area contributed by atoms with E-state index in [0.29, 0.717) is 5.56 Å². The highest BCUT2D eigenvalue weighted by Crippen LogP contribution is 2.13. The van der Waals surface area contributed by atoms with Crippen LogP contribution in [0.3, 0.4) is 0 Å². The summed E-state index contributed by atoms with van der Waals surface area (Å²) in [6, 6.07) is 14.7. The molecule has 5 heteroatoms. The van der Waals surface area contributed by atoms with E-state index in [1.807, 2.05) is 31.2 Å². The van der Waals surface area contributed by atoms with Crippen LogP contribution in [0.15, 0.2) is 54.6 Å².